The lowest BCUT2D eigenvalue weighted by atomic mass is 10.0. The van der Waals surface area contributed by atoms with E-state index in [9.17, 15) is 18.0 Å². The van der Waals surface area contributed by atoms with Gasteiger partial charge in [0, 0.05) is 32.5 Å². The molecule has 2 amide bonds. The maximum atomic E-state index is 14.0. The van der Waals surface area contributed by atoms with Crippen LogP contribution in [0.15, 0.2) is 78.9 Å². The van der Waals surface area contributed by atoms with Crippen molar-refractivity contribution in [1.82, 2.24) is 10.2 Å². The number of aryl methyl sites for hydroxylation is 2. The molecule has 3 aromatic rings. The van der Waals surface area contributed by atoms with Crippen LogP contribution >= 0.6 is 0 Å². The molecule has 0 aliphatic rings. The molecule has 42 heavy (non-hydrogen) atoms. The van der Waals surface area contributed by atoms with E-state index < -0.39 is 16.1 Å². The SMILES string of the molecule is CCc1ccc(N(CCCC(=O)N(Cc2ccccc2C)[C@@H](Cc2ccccc2)C(=O)NCC(C)C)S(C)(=O)=O)cc1. The summed E-state index contributed by atoms with van der Waals surface area (Å²) in [4.78, 5) is 29.3. The fourth-order valence-corrected chi connectivity index (χ4v) is 5.81. The quantitative estimate of drug-likeness (QED) is 0.252. The Morgan fingerprint density at radius 1 is 0.881 bits per heavy atom. The Hall–Kier alpha value is -3.65. The number of nitrogens with one attached hydrogen (secondary N) is 1. The lowest BCUT2D eigenvalue weighted by Crippen LogP contribution is -2.51. The third kappa shape index (κ3) is 9.72. The van der Waals surface area contributed by atoms with E-state index in [-0.39, 0.29) is 37.2 Å². The minimum atomic E-state index is -3.55. The second-order valence-corrected chi connectivity index (χ2v) is 13.2. The van der Waals surface area contributed by atoms with E-state index in [1.165, 1.54) is 10.6 Å². The van der Waals surface area contributed by atoms with Crippen LogP contribution in [-0.2, 0) is 39.0 Å². The Balaban J connectivity index is 1.88. The van der Waals surface area contributed by atoms with E-state index in [4.69, 9.17) is 0 Å². The van der Waals surface area contributed by atoms with Crippen molar-refractivity contribution in [2.24, 2.45) is 5.92 Å². The van der Waals surface area contributed by atoms with Crippen LogP contribution < -0.4 is 9.62 Å². The number of hydrogen-bond donors (Lipinski definition) is 1. The first-order valence-corrected chi connectivity index (χ1v) is 16.6. The third-order valence-corrected chi connectivity index (χ3v) is 8.54. The molecule has 3 rings (SSSR count). The number of amides is 2. The van der Waals surface area contributed by atoms with Crippen molar-refractivity contribution in [3.63, 3.8) is 0 Å². The van der Waals surface area contributed by atoms with Gasteiger partial charge in [0.1, 0.15) is 6.04 Å². The molecule has 0 aromatic heterocycles. The van der Waals surface area contributed by atoms with Gasteiger partial charge in [-0.15, -0.1) is 0 Å². The number of carbonyl (C=O) groups excluding carboxylic acids is 2. The van der Waals surface area contributed by atoms with E-state index in [0.717, 1.165) is 28.7 Å². The van der Waals surface area contributed by atoms with Gasteiger partial charge in [0.05, 0.1) is 11.9 Å². The first-order chi connectivity index (χ1) is 20.0. The zero-order valence-corrected chi connectivity index (χ0v) is 26.4. The molecule has 3 aromatic carbocycles. The topological polar surface area (TPSA) is 86.8 Å². The molecule has 0 radical (unpaired) electrons. The highest BCUT2D eigenvalue weighted by Gasteiger charge is 2.31. The molecule has 0 fully saturated rings. The normalized spacial score (nSPS) is 12.1. The van der Waals surface area contributed by atoms with Crippen molar-refractivity contribution < 1.29 is 18.0 Å². The number of rotatable bonds is 15. The number of nitrogens with zero attached hydrogens (tertiary/aromatic N) is 2. The van der Waals surface area contributed by atoms with Gasteiger partial charge in [0.25, 0.3) is 0 Å². The largest absolute Gasteiger partial charge is 0.354 e. The van der Waals surface area contributed by atoms with Gasteiger partial charge in [-0.3, -0.25) is 13.9 Å². The molecule has 0 bridgehead atoms. The summed E-state index contributed by atoms with van der Waals surface area (Å²) in [6, 6.07) is 24.3. The highest BCUT2D eigenvalue weighted by molar-refractivity contribution is 7.92. The van der Waals surface area contributed by atoms with E-state index in [2.05, 4.69) is 5.32 Å². The average molecular weight is 592 g/mol. The van der Waals surface area contributed by atoms with E-state index in [1.54, 1.807) is 17.0 Å². The van der Waals surface area contributed by atoms with E-state index in [1.807, 2.05) is 94.4 Å². The van der Waals surface area contributed by atoms with Crippen molar-refractivity contribution in [1.29, 1.82) is 0 Å². The Kier molecular flexibility index (Phi) is 12.2. The minimum Gasteiger partial charge on any atom is -0.354 e. The summed E-state index contributed by atoms with van der Waals surface area (Å²) in [6.07, 6.45) is 2.84. The first-order valence-electron chi connectivity index (χ1n) is 14.7. The van der Waals surface area contributed by atoms with Gasteiger partial charge >= 0.3 is 0 Å². The minimum absolute atomic E-state index is 0.105. The van der Waals surface area contributed by atoms with Crippen molar-refractivity contribution in [3.8, 4) is 0 Å². The van der Waals surface area contributed by atoms with Crippen LogP contribution in [-0.4, -0.2) is 50.5 Å². The Morgan fingerprint density at radius 3 is 2.12 bits per heavy atom. The number of sulfonamides is 1. The summed E-state index contributed by atoms with van der Waals surface area (Å²) in [5, 5.41) is 3.04. The molecule has 0 spiro atoms. The zero-order chi connectivity index (χ0) is 30.7. The summed E-state index contributed by atoms with van der Waals surface area (Å²) < 4.78 is 26.7. The van der Waals surface area contributed by atoms with Gasteiger partial charge in [0.15, 0.2) is 0 Å². The zero-order valence-electron chi connectivity index (χ0n) is 25.5. The maximum Gasteiger partial charge on any atom is 0.243 e. The molecule has 8 heteroatoms. The number of benzene rings is 3. The molecule has 7 nitrogen and oxygen atoms in total. The van der Waals surface area contributed by atoms with Crippen molar-refractivity contribution in [2.75, 3.05) is 23.7 Å². The molecule has 226 valence electrons. The maximum absolute atomic E-state index is 14.0. The molecular formula is C34H45N3O4S. The Morgan fingerprint density at radius 2 is 1.52 bits per heavy atom. The second kappa shape index (κ2) is 15.5. The molecule has 0 aliphatic carbocycles. The van der Waals surface area contributed by atoms with Crippen LogP contribution in [0.5, 0.6) is 0 Å². The smallest absolute Gasteiger partial charge is 0.243 e. The Bertz CT molecular complexity index is 1410. The average Bonchev–Trinajstić information content (AvgIpc) is 2.96. The fraction of sp³-hybridized carbons (Fsp3) is 0.412. The van der Waals surface area contributed by atoms with Gasteiger partial charge in [0.2, 0.25) is 21.8 Å². The summed E-state index contributed by atoms with van der Waals surface area (Å²) in [5.74, 6) is -0.114. The molecule has 0 saturated carbocycles. The monoisotopic (exact) mass is 591 g/mol. The number of anilines is 1. The van der Waals surface area contributed by atoms with Crippen molar-refractivity contribution in [2.45, 2.75) is 66.0 Å². The van der Waals surface area contributed by atoms with Gasteiger partial charge in [-0.25, -0.2) is 8.42 Å². The molecule has 0 unspecified atom stereocenters. The van der Waals surface area contributed by atoms with Crippen LogP contribution in [0.25, 0.3) is 0 Å². The predicted octanol–water partition coefficient (Wildman–Crippen LogP) is 5.52. The van der Waals surface area contributed by atoms with Gasteiger partial charge < -0.3 is 10.2 Å². The van der Waals surface area contributed by atoms with Crippen LogP contribution in [0.1, 0.15) is 55.9 Å². The summed E-state index contributed by atoms with van der Waals surface area (Å²) in [5.41, 5.74) is 4.66. The van der Waals surface area contributed by atoms with Crippen LogP contribution in [0.3, 0.4) is 0 Å². The second-order valence-electron chi connectivity index (χ2n) is 11.3. The molecular weight excluding hydrogens is 546 g/mol. The summed E-state index contributed by atoms with van der Waals surface area (Å²) in [7, 11) is -3.55. The molecule has 1 N–H and O–H groups in total. The standard InChI is InChI=1S/C34H45N3O4S/c1-6-28-18-20-31(21-19-28)37(42(5,40)41)22-12-17-33(38)36(25-30-16-11-10-13-27(30)4)32(34(39)35-24-26(2)3)23-29-14-8-7-9-15-29/h7-11,13-16,18-21,26,32H,6,12,17,22-25H2,1-5H3,(H,35,39)/t32-/m0/s1. The van der Waals surface area contributed by atoms with Crippen LogP contribution in [0, 0.1) is 12.8 Å². The predicted molar refractivity (Wildman–Crippen MR) is 171 cm³/mol. The highest BCUT2D eigenvalue weighted by Crippen LogP contribution is 2.22. The number of hydrogen-bond acceptors (Lipinski definition) is 4. The fourth-order valence-electron chi connectivity index (χ4n) is 4.85. The molecule has 0 saturated heterocycles. The van der Waals surface area contributed by atoms with Crippen LogP contribution in [0.2, 0.25) is 0 Å². The van der Waals surface area contributed by atoms with Crippen molar-refractivity contribution in [3.05, 3.63) is 101 Å². The lowest BCUT2D eigenvalue weighted by Gasteiger charge is -2.32. The summed E-state index contributed by atoms with van der Waals surface area (Å²) in [6.45, 7) is 9.07. The molecule has 1 atom stereocenters. The van der Waals surface area contributed by atoms with Crippen LogP contribution in [0.4, 0.5) is 5.69 Å². The van der Waals surface area contributed by atoms with Gasteiger partial charge in [-0.2, -0.15) is 0 Å². The number of carbonyl (C=O) groups is 2. The summed E-state index contributed by atoms with van der Waals surface area (Å²) >= 11 is 0. The lowest BCUT2D eigenvalue weighted by molar-refractivity contribution is -0.141. The van der Waals surface area contributed by atoms with Gasteiger partial charge in [-0.1, -0.05) is 87.5 Å². The van der Waals surface area contributed by atoms with E-state index in [0.29, 0.717) is 25.1 Å². The third-order valence-electron chi connectivity index (χ3n) is 7.34. The highest BCUT2D eigenvalue weighted by atomic mass is 32.2. The molecule has 0 aliphatic heterocycles. The van der Waals surface area contributed by atoms with Gasteiger partial charge in [-0.05, 0) is 60.1 Å². The Labute approximate surface area is 252 Å². The van der Waals surface area contributed by atoms with Crippen molar-refractivity contribution >= 4 is 27.5 Å². The molecule has 0 heterocycles. The van der Waals surface area contributed by atoms with E-state index >= 15 is 0 Å². The first kappa shape index (κ1) is 32.9.